The van der Waals surface area contributed by atoms with Crippen molar-refractivity contribution in [3.05, 3.63) is 56.8 Å². The molecule has 0 radical (unpaired) electrons. The largest absolute Gasteiger partial charge is 0.451 e. The van der Waals surface area contributed by atoms with Gasteiger partial charge in [-0.25, -0.2) is 9.78 Å². The SMILES string of the molecule is NC(=O)c1ccc(NC(=O)COC(=O)c2ncc(Cl)c(Cl)c2Cl)cc1. The van der Waals surface area contributed by atoms with Crippen LogP contribution in [0.25, 0.3) is 0 Å². The van der Waals surface area contributed by atoms with Crippen LogP contribution in [0.1, 0.15) is 20.8 Å². The van der Waals surface area contributed by atoms with Crippen LogP contribution in [0.5, 0.6) is 0 Å². The van der Waals surface area contributed by atoms with E-state index >= 15 is 0 Å². The summed E-state index contributed by atoms with van der Waals surface area (Å²) in [7, 11) is 0. The van der Waals surface area contributed by atoms with Crippen molar-refractivity contribution in [2.24, 2.45) is 5.73 Å². The lowest BCUT2D eigenvalue weighted by molar-refractivity contribution is -0.119. The van der Waals surface area contributed by atoms with E-state index in [1.165, 1.54) is 24.3 Å². The molecular weight excluding hydrogens is 393 g/mol. The summed E-state index contributed by atoms with van der Waals surface area (Å²) >= 11 is 17.4. The molecule has 0 aliphatic carbocycles. The highest BCUT2D eigenvalue weighted by molar-refractivity contribution is 6.48. The van der Waals surface area contributed by atoms with Crippen LogP contribution < -0.4 is 11.1 Å². The summed E-state index contributed by atoms with van der Waals surface area (Å²) in [5.41, 5.74) is 5.56. The Hall–Kier alpha value is -2.35. The molecule has 2 aromatic rings. The molecule has 0 aliphatic rings. The second-order valence-electron chi connectivity index (χ2n) is 4.65. The molecule has 7 nitrogen and oxygen atoms in total. The lowest BCUT2D eigenvalue weighted by Gasteiger charge is -2.08. The lowest BCUT2D eigenvalue weighted by Crippen LogP contribution is -2.21. The van der Waals surface area contributed by atoms with Crippen LogP contribution in [0.3, 0.4) is 0 Å². The van der Waals surface area contributed by atoms with Crippen LogP contribution >= 0.6 is 34.8 Å². The van der Waals surface area contributed by atoms with Crippen LogP contribution in [0, 0.1) is 0 Å². The molecule has 10 heteroatoms. The molecule has 25 heavy (non-hydrogen) atoms. The number of carbonyl (C=O) groups is 3. The van der Waals surface area contributed by atoms with Crippen molar-refractivity contribution in [1.29, 1.82) is 0 Å². The van der Waals surface area contributed by atoms with Crippen molar-refractivity contribution in [3.8, 4) is 0 Å². The second-order valence-corrected chi connectivity index (χ2v) is 5.81. The average molecular weight is 403 g/mol. The number of amides is 2. The number of carbonyl (C=O) groups excluding carboxylic acids is 3. The summed E-state index contributed by atoms with van der Waals surface area (Å²) in [5.74, 6) is -2.11. The van der Waals surface area contributed by atoms with Gasteiger partial charge >= 0.3 is 5.97 Å². The van der Waals surface area contributed by atoms with Crippen LogP contribution in [-0.4, -0.2) is 29.4 Å². The molecular formula is C15H10Cl3N3O4. The average Bonchev–Trinajstić information content (AvgIpc) is 2.58. The molecule has 0 saturated carbocycles. The normalized spacial score (nSPS) is 10.2. The Bertz CT molecular complexity index is 841. The maximum absolute atomic E-state index is 11.9. The number of esters is 1. The monoisotopic (exact) mass is 401 g/mol. The van der Waals surface area contributed by atoms with E-state index < -0.39 is 24.4 Å². The summed E-state index contributed by atoms with van der Waals surface area (Å²) in [4.78, 5) is 38.4. The number of hydrogen-bond donors (Lipinski definition) is 2. The summed E-state index contributed by atoms with van der Waals surface area (Å²) in [6.45, 7) is -0.575. The van der Waals surface area contributed by atoms with Gasteiger partial charge in [0, 0.05) is 17.4 Å². The van der Waals surface area contributed by atoms with E-state index in [1.54, 1.807) is 0 Å². The molecule has 0 unspecified atom stereocenters. The molecule has 0 atom stereocenters. The number of nitrogens with zero attached hydrogens (tertiary/aromatic N) is 1. The fraction of sp³-hybridized carbons (Fsp3) is 0.0667. The van der Waals surface area contributed by atoms with Gasteiger partial charge in [-0.05, 0) is 24.3 Å². The highest BCUT2D eigenvalue weighted by Gasteiger charge is 2.19. The third kappa shape index (κ3) is 4.82. The van der Waals surface area contributed by atoms with Crippen LogP contribution in [-0.2, 0) is 9.53 Å². The molecule has 1 aromatic heterocycles. The highest BCUT2D eigenvalue weighted by atomic mass is 35.5. The number of ether oxygens (including phenoxy) is 1. The Morgan fingerprint density at radius 3 is 2.32 bits per heavy atom. The van der Waals surface area contributed by atoms with Crippen molar-refractivity contribution in [2.75, 3.05) is 11.9 Å². The zero-order chi connectivity index (χ0) is 18.6. The number of nitrogens with two attached hydrogens (primary N) is 1. The molecule has 0 aliphatic heterocycles. The van der Waals surface area contributed by atoms with Crippen LogP contribution in [0.4, 0.5) is 5.69 Å². The van der Waals surface area contributed by atoms with Crippen molar-refractivity contribution < 1.29 is 19.1 Å². The van der Waals surface area contributed by atoms with Crippen LogP contribution in [0.2, 0.25) is 15.1 Å². The van der Waals surface area contributed by atoms with E-state index in [2.05, 4.69) is 10.3 Å². The first-order valence-electron chi connectivity index (χ1n) is 6.66. The first-order chi connectivity index (χ1) is 11.8. The Labute approximate surface area is 157 Å². The maximum Gasteiger partial charge on any atom is 0.359 e. The summed E-state index contributed by atoms with van der Waals surface area (Å²) < 4.78 is 4.83. The zero-order valence-corrected chi connectivity index (χ0v) is 14.7. The van der Waals surface area contributed by atoms with Gasteiger partial charge in [-0.15, -0.1) is 0 Å². The van der Waals surface area contributed by atoms with Gasteiger partial charge in [0.1, 0.15) is 0 Å². The number of anilines is 1. The fourth-order valence-corrected chi connectivity index (χ4v) is 2.26. The summed E-state index contributed by atoms with van der Waals surface area (Å²) in [6.07, 6.45) is 1.15. The number of hydrogen-bond acceptors (Lipinski definition) is 5. The third-order valence-electron chi connectivity index (χ3n) is 2.90. The topological polar surface area (TPSA) is 111 Å². The summed E-state index contributed by atoms with van der Waals surface area (Å²) in [5, 5.41) is 2.36. The van der Waals surface area contributed by atoms with E-state index in [1.807, 2.05) is 0 Å². The molecule has 0 fully saturated rings. The van der Waals surface area contributed by atoms with Crippen molar-refractivity contribution in [1.82, 2.24) is 4.98 Å². The molecule has 2 rings (SSSR count). The number of benzene rings is 1. The predicted octanol–water partition coefficient (Wildman–Crippen LogP) is 2.94. The number of rotatable bonds is 5. The smallest absolute Gasteiger partial charge is 0.359 e. The molecule has 1 heterocycles. The van der Waals surface area contributed by atoms with Gasteiger partial charge in [0.05, 0.1) is 15.1 Å². The number of aromatic nitrogens is 1. The Kier molecular flexibility index (Phi) is 6.19. The van der Waals surface area contributed by atoms with Crippen molar-refractivity contribution >= 4 is 58.3 Å². The Balaban J connectivity index is 1.94. The van der Waals surface area contributed by atoms with E-state index in [9.17, 15) is 14.4 Å². The van der Waals surface area contributed by atoms with Crippen LogP contribution in [0.15, 0.2) is 30.5 Å². The van der Waals surface area contributed by atoms with E-state index in [0.29, 0.717) is 11.3 Å². The molecule has 2 amide bonds. The number of halogens is 3. The molecule has 1 aromatic carbocycles. The van der Waals surface area contributed by atoms with Gasteiger partial charge < -0.3 is 15.8 Å². The van der Waals surface area contributed by atoms with Gasteiger partial charge in [-0.3, -0.25) is 9.59 Å². The minimum absolute atomic E-state index is 0.0377. The van der Waals surface area contributed by atoms with Crippen molar-refractivity contribution in [3.63, 3.8) is 0 Å². The zero-order valence-electron chi connectivity index (χ0n) is 12.4. The standard InChI is InChI=1S/C15H10Cl3N3O4/c16-9-5-20-13(12(18)11(9)17)15(24)25-6-10(22)21-8-3-1-7(2-4-8)14(19)23/h1-5H,6H2,(H2,19,23)(H,21,22). The number of nitrogens with one attached hydrogen (secondary N) is 1. The van der Waals surface area contributed by atoms with Gasteiger partial charge in [0.15, 0.2) is 12.3 Å². The van der Waals surface area contributed by atoms with Gasteiger partial charge in [0.25, 0.3) is 5.91 Å². The molecule has 0 bridgehead atoms. The van der Waals surface area contributed by atoms with E-state index in [4.69, 9.17) is 45.3 Å². The minimum Gasteiger partial charge on any atom is -0.451 e. The highest BCUT2D eigenvalue weighted by Crippen LogP contribution is 2.31. The molecule has 130 valence electrons. The predicted molar refractivity (Wildman–Crippen MR) is 93.1 cm³/mol. The van der Waals surface area contributed by atoms with Gasteiger partial charge in [-0.2, -0.15) is 0 Å². The minimum atomic E-state index is -0.928. The molecule has 0 saturated heterocycles. The van der Waals surface area contributed by atoms with E-state index in [-0.39, 0.29) is 20.8 Å². The quantitative estimate of drug-likeness (QED) is 0.747. The maximum atomic E-state index is 11.9. The summed E-state index contributed by atoms with van der Waals surface area (Å²) in [6, 6.07) is 5.86. The molecule has 3 N–H and O–H groups in total. The Morgan fingerprint density at radius 2 is 1.72 bits per heavy atom. The Morgan fingerprint density at radius 1 is 1.08 bits per heavy atom. The second kappa shape index (κ2) is 8.15. The lowest BCUT2D eigenvalue weighted by atomic mass is 10.2. The first kappa shape index (κ1) is 19.0. The fourth-order valence-electron chi connectivity index (χ4n) is 1.70. The van der Waals surface area contributed by atoms with E-state index in [0.717, 1.165) is 6.20 Å². The first-order valence-corrected chi connectivity index (χ1v) is 7.79. The molecule has 0 spiro atoms. The number of primary amides is 1. The van der Waals surface area contributed by atoms with Gasteiger partial charge in [-0.1, -0.05) is 34.8 Å². The van der Waals surface area contributed by atoms with Crippen molar-refractivity contribution in [2.45, 2.75) is 0 Å². The number of pyridine rings is 1. The van der Waals surface area contributed by atoms with Gasteiger partial charge in [0.2, 0.25) is 5.91 Å². The third-order valence-corrected chi connectivity index (χ3v) is 4.14.